The average Bonchev–Trinajstić information content (AvgIpc) is 3.31. The van der Waals surface area contributed by atoms with Crippen molar-refractivity contribution in [3.63, 3.8) is 0 Å². The molecule has 0 radical (unpaired) electrons. The van der Waals surface area contributed by atoms with Crippen LogP contribution in [0.4, 0.5) is 0 Å². The molecule has 1 aromatic heterocycles. The Bertz CT molecular complexity index is 820. The number of ether oxygens (including phenoxy) is 2. The molecule has 0 saturated carbocycles. The number of rotatable bonds is 8. The Balaban J connectivity index is 1.76. The molecule has 2 aromatic rings. The van der Waals surface area contributed by atoms with Crippen molar-refractivity contribution in [1.29, 1.82) is 0 Å². The fourth-order valence-corrected chi connectivity index (χ4v) is 3.81. The molecule has 150 valence electrons. The van der Waals surface area contributed by atoms with E-state index in [0.29, 0.717) is 31.3 Å². The second kappa shape index (κ2) is 9.10. The highest BCUT2D eigenvalue weighted by molar-refractivity contribution is 7.09. The lowest BCUT2D eigenvalue weighted by Crippen LogP contribution is -2.43. The average molecular weight is 403 g/mol. The van der Waals surface area contributed by atoms with Crippen molar-refractivity contribution >= 4 is 23.2 Å². The Hall–Kier alpha value is -2.54. The number of carbonyl (C=O) groups excluding carboxylic acids is 2. The molecular weight excluding hydrogens is 376 g/mol. The largest absolute Gasteiger partial charge is 0.454 e. The van der Waals surface area contributed by atoms with Crippen molar-refractivity contribution in [2.75, 3.05) is 19.9 Å². The first-order valence-corrected chi connectivity index (χ1v) is 10.2. The molecule has 0 atom stereocenters. The van der Waals surface area contributed by atoms with Crippen molar-refractivity contribution in [3.8, 4) is 11.5 Å². The molecule has 1 aliphatic rings. The maximum atomic E-state index is 13.1. The van der Waals surface area contributed by atoms with Crippen LogP contribution in [0.3, 0.4) is 0 Å². The van der Waals surface area contributed by atoms with Gasteiger partial charge < -0.3 is 19.3 Å². The molecule has 3 rings (SSSR count). The van der Waals surface area contributed by atoms with E-state index in [-0.39, 0.29) is 25.2 Å². The van der Waals surface area contributed by atoms with Crippen LogP contribution in [-0.4, -0.2) is 41.5 Å². The van der Waals surface area contributed by atoms with Gasteiger partial charge in [-0.05, 0) is 35.1 Å². The molecule has 2 heterocycles. The molecule has 0 saturated heterocycles. The zero-order valence-corrected chi connectivity index (χ0v) is 17.3. The minimum atomic E-state index is -0.0822. The van der Waals surface area contributed by atoms with E-state index < -0.39 is 0 Å². The number of thiophene rings is 1. The third-order valence-electron chi connectivity index (χ3n) is 4.45. The molecule has 0 aliphatic carbocycles. The smallest absolute Gasteiger partial charge is 0.242 e. The summed E-state index contributed by atoms with van der Waals surface area (Å²) in [5, 5.41) is 2.00. The number of benzene rings is 1. The Labute approximate surface area is 169 Å². The molecule has 0 fully saturated rings. The second-order valence-corrected chi connectivity index (χ2v) is 8.34. The first-order valence-electron chi connectivity index (χ1n) is 9.36. The normalized spacial score (nSPS) is 12.3. The zero-order valence-electron chi connectivity index (χ0n) is 16.5. The molecule has 0 N–H and O–H groups in total. The van der Waals surface area contributed by atoms with Crippen LogP contribution in [0.1, 0.15) is 31.2 Å². The predicted octanol–water partition coefficient (Wildman–Crippen LogP) is 3.51. The summed E-state index contributed by atoms with van der Waals surface area (Å²) in [6.07, 6.45) is 0. The number of hydrogen-bond donors (Lipinski definition) is 0. The van der Waals surface area contributed by atoms with Crippen molar-refractivity contribution in [2.45, 2.75) is 33.9 Å². The summed E-state index contributed by atoms with van der Waals surface area (Å²) in [5.74, 6) is 1.57. The number of fused-ring (bicyclic) bond motifs is 1. The van der Waals surface area contributed by atoms with Crippen LogP contribution < -0.4 is 9.47 Å². The monoisotopic (exact) mass is 402 g/mol. The highest BCUT2D eigenvalue weighted by atomic mass is 32.1. The third kappa shape index (κ3) is 5.25. The Morgan fingerprint density at radius 2 is 1.89 bits per heavy atom. The van der Waals surface area contributed by atoms with Gasteiger partial charge in [0, 0.05) is 24.9 Å². The van der Waals surface area contributed by atoms with E-state index in [2.05, 4.69) is 0 Å². The molecule has 1 aliphatic heterocycles. The minimum Gasteiger partial charge on any atom is -0.454 e. The lowest BCUT2D eigenvalue weighted by atomic mass is 10.1. The van der Waals surface area contributed by atoms with Gasteiger partial charge >= 0.3 is 0 Å². The summed E-state index contributed by atoms with van der Waals surface area (Å²) in [6, 6.07) is 9.71. The van der Waals surface area contributed by atoms with Crippen LogP contribution in [0.5, 0.6) is 11.5 Å². The van der Waals surface area contributed by atoms with Crippen LogP contribution in [0.15, 0.2) is 35.7 Å². The van der Waals surface area contributed by atoms with Gasteiger partial charge in [-0.2, -0.15) is 0 Å². The molecule has 0 bridgehead atoms. The van der Waals surface area contributed by atoms with E-state index in [1.165, 1.54) is 6.92 Å². The molecule has 6 nitrogen and oxygen atoms in total. The van der Waals surface area contributed by atoms with E-state index in [4.69, 9.17) is 9.47 Å². The number of carbonyl (C=O) groups is 2. The highest BCUT2D eigenvalue weighted by Gasteiger charge is 2.22. The van der Waals surface area contributed by atoms with E-state index in [0.717, 1.165) is 16.2 Å². The summed E-state index contributed by atoms with van der Waals surface area (Å²) >= 11 is 1.62. The van der Waals surface area contributed by atoms with Gasteiger partial charge in [-0.15, -0.1) is 11.3 Å². The predicted molar refractivity (Wildman–Crippen MR) is 108 cm³/mol. The standard InChI is InChI=1S/C21H26N2O4S/c1-15(2)10-22(16(3)24)13-21(25)23(12-18-5-4-8-28-18)11-17-6-7-19-20(9-17)27-14-26-19/h4-9,15H,10-14H2,1-3H3. The van der Waals surface area contributed by atoms with Crippen molar-refractivity contribution in [3.05, 3.63) is 46.2 Å². The summed E-state index contributed by atoms with van der Waals surface area (Å²) < 4.78 is 10.8. The van der Waals surface area contributed by atoms with E-state index >= 15 is 0 Å². The van der Waals surface area contributed by atoms with Crippen molar-refractivity contribution in [2.24, 2.45) is 5.92 Å². The molecule has 1 aromatic carbocycles. The molecular formula is C21H26N2O4S. The molecule has 0 spiro atoms. The molecule has 0 unspecified atom stereocenters. The lowest BCUT2D eigenvalue weighted by molar-refractivity contribution is -0.140. The summed E-state index contributed by atoms with van der Waals surface area (Å²) in [6.45, 7) is 7.42. The maximum absolute atomic E-state index is 13.1. The first-order chi connectivity index (χ1) is 13.4. The lowest BCUT2D eigenvalue weighted by Gasteiger charge is -2.28. The topological polar surface area (TPSA) is 59.1 Å². The summed E-state index contributed by atoms with van der Waals surface area (Å²) in [7, 11) is 0. The third-order valence-corrected chi connectivity index (χ3v) is 5.31. The van der Waals surface area contributed by atoms with E-state index in [9.17, 15) is 9.59 Å². The second-order valence-electron chi connectivity index (χ2n) is 7.31. The van der Waals surface area contributed by atoms with Crippen LogP contribution in [0.25, 0.3) is 0 Å². The van der Waals surface area contributed by atoms with Gasteiger partial charge in [0.25, 0.3) is 0 Å². The van der Waals surface area contributed by atoms with Gasteiger partial charge in [0.15, 0.2) is 11.5 Å². The van der Waals surface area contributed by atoms with Crippen LogP contribution in [0, 0.1) is 5.92 Å². The van der Waals surface area contributed by atoms with Gasteiger partial charge in [0.05, 0.1) is 13.1 Å². The van der Waals surface area contributed by atoms with E-state index in [1.807, 2.05) is 49.6 Å². The highest BCUT2D eigenvalue weighted by Crippen LogP contribution is 2.33. The number of hydrogen-bond acceptors (Lipinski definition) is 5. The minimum absolute atomic E-state index is 0.0677. The van der Waals surface area contributed by atoms with Crippen LogP contribution in [-0.2, 0) is 22.7 Å². The number of amides is 2. The van der Waals surface area contributed by atoms with Crippen molar-refractivity contribution in [1.82, 2.24) is 9.80 Å². The fourth-order valence-electron chi connectivity index (χ4n) is 3.09. The summed E-state index contributed by atoms with van der Waals surface area (Å²) in [5.41, 5.74) is 0.965. The summed E-state index contributed by atoms with van der Waals surface area (Å²) in [4.78, 5) is 29.6. The van der Waals surface area contributed by atoms with Gasteiger partial charge in [0.1, 0.15) is 0 Å². The first kappa shape index (κ1) is 20.2. The number of nitrogens with zero attached hydrogens (tertiary/aromatic N) is 2. The molecule has 7 heteroatoms. The van der Waals surface area contributed by atoms with E-state index in [1.54, 1.807) is 21.1 Å². The molecule has 2 amide bonds. The Morgan fingerprint density at radius 3 is 2.57 bits per heavy atom. The van der Waals surface area contributed by atoms with Crippen molar-refractivity contribution < 1.29 is 19.1 Å². The van der Waals surface area contributed by atoms with Gasteiger partial charge in [0.2, 0.25) is 18.6 Å². The fraction of sp³-hybridized carbons (Fsp3) is 0.429. The molecule has 28 heavy (non-hydrogen) atoms. The van der Waals surface area contributed by atoms with Gasteiger partial charge in [-0.3, -0.25) is 9.59 Å². The quantitative estimate of drug-likeness (QED) is 0.678. The Kier molecular flexibility index (Phi) is 6.57. The maximum Gasteiger partial charge on any atom is 0.242 e. The van der Waals surface area contributed by atoms with Crippen LogP contribution in [0.2, 0.25) is 0 Å². The SMILES string of the molecule is CC(=O)N(CC(=O)N(Cc1ccc2c(c1)OCO2)Cc1cccs1)CC(C)C. The Morgan fingerprint density at radius 1 is 1.11 bits per heavy atom. The van der Waals surface area contributed by atoms with Crippen LogP contribution >= 0.6 is 11.3 Å². The van der Waals surface area contributed by atoms with Gasteiger partial charge in [-0.25, -0.2) is 0 Å². The zero-order chi connectivity index (χ0) is 20.1. The van der Waals surface area contributed by atoms with Gasteiger partial charge in [-0.1, -0.05) is 26.0 Å².